The molecule has 1 saturated carbocycles. The molecular formula is C14H17N3O5S3. The predicted molar refractivity (Wildman–Crippen MR) is 94.8 cm³/mol. The lowest BCUT2D eigenvalue weighted by Crippen LogP contribution is -2.44. The van der Waals surface area contributed by atoms with Gasteiger partial charge in [0, 0.05) is 13.1 Å². The summed E-state index contributed by atoms with van der Waals surface area (Å²) in [5.41, 5.74) is 0.668. The summed E-state index contributed by atoms with van der Waals surface area (Å²) in [5, 5.41) is 0.348. The van der Waals surface area contributed by atoms with Crippen molar-refractivity contribution in [3.63, 3.8) is 0 Å². The van der Waals surface area contributed by atoms with Gasteiger partial charge in [-0.25, -0.2) is 13.1 Å². The van der Waals surface area contributed by atoms with Gasteiger partial charge in [0.25, 0.3) is 4.74 Å². The van der Waals surface area contributed by atoms with Gasteiger partial charge in [-0.2, -0.15) is 12.8 Å². The second-order valence-corrected chi connectivity index (χ2v) is 9.42. The van der Waals surface area contributed by atoms with E-state index in [9.17, 15) is 21.6 Å². The van der Waals surface area contributed by atoms with Gasteiger partial charge in [0.2, 0.25) is 10.0 Å². The average Bonchev–Trinajstić information content (AvgIpc) is 2.83. The monoisotopic (exact) mass is 403 g/mol. The fourth-order valence-electron chi connectivity index (χ4n) is 3.10. The largest absolute Gasteiger partial charge is 0.311 e. The molecule has 0 amide bonds. The van der Waals surface area contributed by atoms with E-state index in [0.717, 1.165) is 24.4 Å². The first kappa shape index (κ1) is 18.2. The van der Waals surface area contributed by atoms with Crippen molar-refractivity contribution in [2.24, 2.45) is 11.4 Å². The highest BCUT2D eigenvalue weighted by molar-refractivity contribution is 7.89. The number of nitrogens with zero attached hydrogens (tertiary/aromatic N) is 2. The minimum absolute atomic E-state index is 0.0110. The molecule has 2 aromatic rings. The van der Waals surface area contributed by atoms with Crippen LogP contribution in [0.25, 0.3) is 10.9 Å². The Hall–Kier alpha value is -1.56. The molecule has 1 aromatic carbocycles. The second kappa shape index (κ2) is 6.98. The normalized spacial score (nSPS) is 21.3. The van der Waals surface area contributed by atoms with Crippen LogP contribution in [0.2, 0.25) is 0 Å². The van der Waals surface area contributed by atoms with Crippen LogP contribution in [0.1, 0.15) is 25.7 Å². The number of aryl methyl sites for hydroxylation is 1. The predicted octanol–water partition coefficient (Wildman–Crippen LogP) is 1.25. The lowest BCUT2D eigenvalue weighted by atomic mass is 9.92. The van der Waals surface area contributed by atoms with E-state index in [1.54, 1.807) is 17.1 Å². The highest BCUT2D eigenvalue weighted by atomic mass is 32.2. The van der Waals surface area contributed by atoms with E-state index < -0.39 is 32.6 Å². The third kappa shape index (κ3) is 3.84. The molecule has 1 fully saturated rings. The number of nitrogens with one attached hydrogen (secondary N) is 1. The highest BCUT2D eigenvalue weighted by Crippen LogP contribution is 2.24. The Morgan fingerprint density at radius 1 is 1.28 bits per heavy atom. The van der Waals surface area contributed by atoms with Crippen molar-refractivity contribution in [1.82, 2.24) is 8.68 Å². The summed E-state index contributed by atoms with van der Waals surface area (Å²) in [5.74, 6) is 0. The van der Waals surface area contributed by atoms with Crippen molar-refractivity contribution in [3.8, 4) is 0 Å². The van der Waals surface area contributed by atoms with Crippen LogP contribution in [-0.4, -0.2) is 32.9 Å². The zero-order valence-electron chi connectivity index (χ0n) is 13.4. The average molecular weight is 404 g/mol. The van der Waals surface area contributed by atoms with Gasteiger partial charge in [-0.3, -0.25) is 8.75 Å². The zero-order chi connectivity index (χ0) is 18.2. The lowest BCUT2D eigenvalue weighted by Gasteiger charge is -2.27. The molecule has 1 N–H and O–H groups in total. The van der Waals surface area contributed by atoms with E-state index in [1.807, 2.05) is 0 Å². The van der Waals surface area contributed by atoms with Crippen molar-refractivity contribution < 1.29 is 16.8 Å². The maximum atomic E-state index is 12.7. The number of rotatable bonds is 4. The number of benzene rings is 1. The molecule has 1 aliphatic carbocycles. The van der Waals surface area contributed by atoms with Crippen molar-refractivity contribution in [2.45, 2.75) is 42.7 Å². The van der Waals surface area contributed by atoms with E-state index in [2.05, 4.69) is 9.08 Å². The molecular weight excluding hydrogens is 386 g/mol. The molecule has 1 aliphatic rings. The van der Waals surface area contributed by atoms with Crippen LogP contribution in [0.3, 0.4) is 0 Å². The van der Waals surface area contributed by atoms with Crippen molar-refractivity contribution in [3.05, 3.63) is 27.7 Å². The van der Waals surface area contributed by atoms with Crippen LogP contribution in [0.5, 0.6) is 0 Å². The fraction of sp³-hybridized carbons (Fsp3) is 0.500. The molecule has 0 aliphatic heterocycles. The van der Waals surface area contributed by atoms with Gasteiger partial charge in [-0.1, -0.05) is 12.8 Å². The summed E-state index contributed by atoms with van der Waals surface area (Å²) >= 11 is 1.01. The van der Waals surface area contributed by atoms with Gasteiger partial charge in [-0.15, -0.1) is 0 Å². The first-order valence-corrected chi connectivity index (χ1v) is 11.0. The minimum atomic E-state index is -3.88. The molecule has 11 heteroatoms. The number of fused-ring (bicyclic) bond motifs is 1. The molecule has 0 radical (unpaired) electrons. The molecule has 2 atom stereocenters. The van der Waals surface area contributed by atoms with E-state index in [4.69, 9.17) is 0 Å². The molecule has 1 heterocycles. The molecule has 3 rings (SSSR count). The van der Waals surface area contributed by atoms with Crippen molar-refractivity contribution in [2.75, 3.05) is 0 Å². The number of hydrogen-bond acceptors (Lipinski definition) is 7. The van der Waals surface area contributed by atoms with Crippen LogP contribution >= 0.6 is 11.5 Å². The summed E-state index contributed by atoms with van der Waals surface area (Å²) in [4.78, 5) is 11.9. The highest BCUT2D eigenvalue weighted by Gasteiger charge is 2.30. The second-order valence-electron chi connectivity index (χ2n) is 5.96. The smallest absolute Gasteiger partial charge is 0.297 e. The Bertz CT molecular complexity index is 1090. The summed E-state index contributed by atoms with van der Waals surface area (Å²) in [7, 11) is -4.73. The maximum absolute atomic E-state index is 12.7. The van der Waals surface area contributed by atoms with Crippen molar-refractivity contribution >= 4 is 43.0 Å². The number of hydrogen-bond donors (Lipinski definition) is 1. The number of sulfonamides is 1. The fourth-order valence-corrected chi connectivity index (χ4v) is 5.67. The molecule has 0 bridgehead atoms. The standard InChI is InChI=1S/C14H17N3O5S3/c1-17-13-7-6-9(8-10(13)14(18)23-17)25(21,22)16-12-5-3-2-4-11(12)15-24(19)20/h6-8,11-12,16H,2-5H2,1H3/t11-,12+/m0/s1. The first-order valence-electron chi connectivity index (χ1n) is 7.70. The van der Waals surface area contributed by atoms with E-state index in [-0.39, 0.29) is 9.64 Å². The summed E-state index contributed by atoms with van der Waals surface area (Å²) in [6.07, 6.45) is 2.65. The maximum Gasteiger partial charge on any atom is 0.311 e. The van der Waals surface area contributed by atoms with E-state index >= 15 is 0 Å². The van der Waals surface area contributed by atoms with Crippen LogP contribution in [-0.2, 0) is 27.6 Å². The Morgan fingerprint density at radius 2 is 2.00 bits per heavy atom. The van der Waals surface area contributed by atoms with Crippen LogP contribution in [0, 0.1) is 0 Å². The lowest BCUT2D eigenvalue weighted by molar-refractivity contribution is 0.364. The van der Waals surface area contributed by atoms with Crippen LogP contribution < -0.4 is 9.46 Å². The first-order chi connectivity index (χ1) is 11.8. The summed E-state index contributed by atoms with van der Waals surface area (Å²) in [6.45, 7) is 0. The van der Waals surface area contributed by atoms with Gasteiger partial charge < -0.3 is 0 Å². The topological polar surface area (TPSA) is 115 Å². The quantitative estimate of drug-likeness (QED) is 0.825. The van der Waals surface area contributed by atoms with Crippen LogP contribution in [0.4, 0.5) is 0 Å². The molecule has 25 heavy (non-hydrogen) atoms. The molecule has 8 nitrogen and oxygen atoms in total. The molecule has 0 spiro atoms. The van der Waals surface area contributed by atoms with Gasteiger partial charge in [0.1, 0.15) is 0 Å². The van der Waals surface area contributed by atoms with E-state index in [0.29, 0.717) is 23.7 Å². The van der Waals surface area contributed by atoms with Gasteiger partial charge in [0.05, 0.1) is 21.8 Å². The number of aromatic nitrogens is 1. The third-order valence-electron chi connectivity index (χ3n) is 4.31. The summed E-state index contributed by atoms with van der Waals surface area (Å²) in [6, 6.07) is 3.23. The molecule has 0 unspecified atom stereocenters. The van der Waals surface area contributed by atoms with Crippen LogP contribution in [0.15, 0.2) is 32.3 Å². The van der Waals surface area contributed by atoms with Crippen molar-refractivity contribution in [1.29, 1.82) is 0 Å². The Balaban J connectivity index is 1.94. The minimum Gasteiger partial charge on any atom is -0.297 e. The Labute approximate surface area is 150 Å². The summed E-state index contributed by atoms with van der Waals surface area (Å²) < 4.78 is 54.7. The van der Waals surface area contributed by atoms with Gasteiger partial charge >= 0.3 is 10.5 Å². The molecule has 1 aromatic heterocycles. The van der Waals surface area contributed by atoms with E-state index in [1.165, 1.54) is 12.1 Å². The molecule has 136 valence electrons. The zero-order valence-corrected chi connectivity index (χ0v) is 15.8. The SMILES string of the molecule is Cn1sc(=O)c2cc(S(=O)(=O)N[C@@H]3CCCC[C@@H]3N=S(=O)=O)ccc21. The van der Waals surface area contributed by atoms with Gasteiger partial charge in [-0.05, 0) is 42.6 Å². The molecule has 0 saturated heterocycles. The Kier molecular flexibility index (Phi) is 5.09. The van der Waals surface area contributed by atoms with Gasteiger partial charge in [0.15, 0.2) is 0 Å². The Morgan fingerprint density at radius 3 is 2.72 bits per heavy atom. The third-order valence-corrected chi connectivity index (χ3v) is 7.10.